The molecular weight excluding hydrogens is 590 g/mol. The first-order chi connectivity index (χ1) is 19.8. The van der Waals surface area contributed by atoms with Gasteiger partial charge in [0.05, 0.1) is 29.3 Å². The van der Waals surface area contributed by atoms with Gasteiger partial charge in [0.25, 0.3) is 5.91 Å². The van der Waals surface area contributed by atoms with E-state index in [1.807, 2.05) is 4.90 Å². The highest BCUT2D eigenvalue weighted by Gasteiger charge is 2.41. The predicted molar refractivity (Wildman–Crippen MR) is 140 cm³/mol. The van der Waals surface area contributed by atoms with Gasteiger partial charge in [-0.15, -0.1) is 0 Å². The minimum atomic E-state index is -4.65. The SMILES string of the molecule is O=C(O)C1C[C@@H](F)CN1C(=O)c1cc(C2CC2)c(OCC2CCN(Cc3cc(C(F)(F)F)cc(Cl)c3F)CC2)cc1F. The van der Waals surface area contributed by atoms with Gasteiger partial charge >= 0.3 is 12.1 Å². The van der Waals surface area contributed by atoms with Crippen molar-refractivity contribution in [2.24, 2.45) is 5.92 Å². The van der Waals surface area contributed by atoms with Crippen LogP contribution in [0.15, 0.2) is 24.3 Å². The maximum Gasteiger partial charge on any atom is 0.416 e. The Hall–Kier alpha value is -2.99. The van der Waals surface area contributed by atoms with E-state index in [0.29, 0.717) is 37.6 Å². The molecule has 0 bridgehead atoms. The number of amides is 1. The first kappa shape index (κ1) is 30.5. The molecule has 2 saturated heterocycles. The minimum absolute atomic E-state index is 0.0293. The monoisotopic (exact) mass is 618 g/mol. The third kappa shape index (κ3) is 6.64. The number of alkyl halides is 4. The van der Waals surface area contributed by atoms with Gasteiger partial charge in [-0.25, -0.2) is 18.0 Å². The normalized spacial score (nSPS) is 22.0. The number of rotatable bonds is 8. The number of piperidine rings is 1. The lowest BCUT2D eigenvalue weighted by Crippen LogP contribution is -2.41. The topological polar surface area (TPSA) is 70.1 Å². The largest absolute Gasteiger partial charge is 0.493 e. The Kier molecular flexibility index (Phi) is 8.67. The molecule has 2 aromatic rings. The number of carbonyl (C=O) groups is 2. The summed E-state index contributed by atoms with van der Waals surface area (Å²) in [6.45, 7) is 0.751. The van der Waals surface area contributed by atoms with Crippen LogP contribution in [0.1, 0.15) is 65.1 Å². The van der Waals surface area contributed by atoms with Gasteiger partial charge in [0.1, 0.15) is 29.6 Å². The number of carboxylic acids is 1. The Morgan fingerprint density at radius 2 is 1.74 bits per heavy atom. The van der Waals surface area contributed by atoms with Crippen LogP contribution in [-0.4, -0.2) is 65.2 Å². The Labute approximate surface area is 243 Å². The van der Waals surface area contributed by atoms with Crippen LogP contribution in [0.5, 0.6) is 5.75 Å². The fourth-order valence-corrected chi connectivity index (χ4v) is 5.90. The van der Waals surface area contributed by atoms with Crippen molar-refractivity contribution in [2.75, 3.05) is 26.2 Å². The van der Waals surface area contributed by atoms with Gasteiger partial charge in [0.15, 0.2) is 0 Å². The fraction of sp³-hybridized carbons (Fsp3) is 0.517. The predicted octanol–water partition coefficient (Wildman–Crippen LogP) is 6.44. The van der Waals surface area contributed by atoms with Crippen LogP contribution in [0.4, 0.5) is 26.3 Å². The third-order valence-electron chi connectivity index (χ3n) is 8.15. The molecule has 1 unspecified atom stereocenters. The molecule has 13 heteroatoms. The van der Waals surface area contributed by atoms with Gasteiger partial charge < -0.3 is 14.7 Å². The lowest BCUT2D eigenvalue weighted by Gasteiger charge is -2.32. The number of aliphatic carboxylic acids is 1. The van der Waals surface area contributed by atoms with E-state index >= 15 is 4.39 Å². The molecule has 1 aliphatic carbocycles. The summed E-state index contributed by atoms with van der Waals surface area (Å²) in [6.07, 6.45) is -3.63. The van der Waals surface area contributed by atoms with Crippen LogP contribution in [0.2, 0.25) is 5.02 Å². The molecule has 3 fully saturated rings. The summed E-state index contributed by atoms with van der Waals surface area (Å²) < 4.78 is 88.9. The summed E-state index contributed by atoms with van der Waals surface area (Å²) in [5.41, 5.74) is -0.821. The van der Waals surface area contributed by atoms with Crippen molar-refractivity contribution in [2.45, 2.75) is 63.0 Å². The van der Waals surface area contributed by atoms with E-state index in [1.165, 1.54) is 6.07 Å². The third-order valence-corrected chi connectivity index (χ3v) is 8.42. The average Bonchev–Trinajstić information content (AvgIpc) is 3.69. The molecule has 2 atom stereocenters. The molecule has 5 rings (SSSR count). The second kappa shape index (κ2) is 11.9. The number of halogens is 7. The molecule has 2 aromatic carbocycles. The summed E-state index contributed by atoms with van der Waals surface area (Å²) >= 11 is 5.70. The van der Waals surface area contributed by atoms with E-state index in [-0.39, 0.29) is 48.3 Å². The molecule has 2 heterocycles. The zero-order valence-electron chi connectivity index (χ0n) is 22.4. The molecule has 42 heavy (non-hydrogen) atoms. The van der Waals surface area contributed by atoms with Gasteiger partial charge in [-0.05, 0) is 74.4 Å². The summed E-state index contributed by atoms with van der Waals surface area (Å²) in [7, 11) is 0. The Balaban J connectivity index is 1.21. The number of ether oxygens (including phenoxy) is 1. The Morgan fingerprint density at radius 1 is 1.05 bits per heavy atom. The molecule has 3 aliphatic rings. The van der Waals surface area contributed by atoms with E-state index in [2.05, 4.69) is 0 Å². The number of carbonyl (C=O) groups excluding carboxylic acids is 1. The standard InChI is InChI=1S/C29H29ClF6N2O4/c30-22-8-18(29(34,35)36)7-17(26(22)33)12-37-5-3-15(4-6-37)14-42-25-11-23(32)21(10-20(25)16-1-2-16)27(39)38-13-19(31)9-24(38)28(40)41/h7-8,10-11,15-16,19,24H,1-6,9,12-14H2,(H,40,41)/t19-,24?/m1/s1. The van der Waals surface area contributed by atoms with Crippen LogP contribution in [-0.2, 0) is 17.5 Å². The van der Waals surface area contributed by atoms with Crippen molar-refractivity contribution in [3.05, 3.63) is 63.2 Å². The molecule has 228 valence electrons. The van der Waals surface area contributed by atoms with E-state index in [0.717, 1.165) is 29.9 Å². The number of nitrogens with zero attached hydrogens (tertiary/aromatic N) is 2. The highest BCUT2D eigenvalue weighted by molar-refractivity contribution is 6.30. The van der Waals surface area contributed by atoms with E-state index in [1.54, 1.807) is 0 Å². The first-order valence-electron chi connectivity index (χ1n) is 13.7. The number of hydrogen-bond donors (Lipinski definition) is 1. The Bertz CT molecular complexity index is 1360. The Morgan fingerprint density at radius 3 is 2.36 bits per heavy atom. The van der Waals surface area contributed by atoms with Crippen LogP contribution in [0, 0.1) is 17.6 Å². The molecule has 0 aromatic heterocycles. The van der Waals surface area contributed by atoms with Gasteiger partial charge in [-0.3, -0.25) is 9.69 Å². The van der Waals surface area contributed by atoms with Crippen molar-refractivity contribution in [3.8, 4) is 5.75 Å². The van der Waals surface area contributed by atoms with Crippen molar-refractivity contribution >= 4 is 23.5 Å². The van der Waals surface area contributed by atoms with E-state index in [4.69, 9.17) is 16.3 Å². The number of carboxylic acid groups (broad SMARTS) is 1. The highest BCUT2D eigenvalue weighted by Crippen LogP contribution is 2.45. The van der Waals surface area contributed by atoms with E-state index in [9.17, 15) is 36.6 Å². The smallest absolute Gasteiger partial charge is 0.416 e. The van der Waals surface area contributed by atoms with Crippen LogP contribution in [0.25, 0.3) is 0 Å². The zero-order chi connectivity index (χ0) is 30.3. The second-order valence-electron chi connectivity index (χ2n) is 11.2. The molecule has 0 radical (unpaired) electrons. The molecule has 2 aliphatic heterocycles. The van der Waals surface area contributed by atoms with Crippen LogP contribution < -0.4 is 4.74 Å². The van der Waals surface area contributed by atoms with Crippen molar-refractivity contribution < 1.29 is 45.8 Å². The van der Waals surface area contributed by atoms with Crippen molar-refractivity contribution in [1.82, 2.24) is 9.80 Å². The van der Waals surface area contributed by atoms with Gasteiger partial charge in [0.2, 0.25) is 0 Å². The second-order valence-corrected chi connectivity index (χ2v) is 11.7. The maximum absolute atomic E-state index is 15.1. The summed E-state index contributed by atoms with van der Waals surface area (Å²) in [5.74, 6) is -3.59. The number of hydrogen-bond acceptors (Lipinski definition) is 4. The zero-order valence-corrected chi connectivity index (χ0v) is 23.2. The summed E-state index contributed by atoms with van der Waals surface area (Å²) in [4.78, 5) is 27.2. The average molecular weight is 619 g/mol. The van der Waals surface area contributed by atoms with Crippen LogP contribution in [0.3, 0.4) is 0 Å². The first-order valence-corrected chi connectivity index (χ1v) is 14.1. The quantitative estimate of drug-likeness (QED) is 0.345. The summed E-state index contributed by atoms with van der Waals surface area (Å²) in [5, 5.41) is 8.79. The minimum Gasteiger partial charge on any atom is -0.493 e. The van der Waals surface area contributed by atoms with Gasteiger partial charge in [-0.2, -0.15) is 13.2 Å². The fourth-order valence-electron chi connectivity index (χ4n) is 5.66. The summed E-state index contributed by atoms with van der Waals surface area (Å²) in [6, 6.07) is 2.49. The molecular formula is C29H29ClF6N2O4. The van der Waals surface area contributed by atoms with Crippen molar-refractivity contribution in [3.63, 3.8) is 0 Å². The lowest BCUT2D eigenvalue weighted by molar-refractivity contribution is -0.141. The molecule has 1 N–H and O–H groups in total. The molecule has 1 saturated carbocycles. The van der Waals surface area contributed by atoms with Crippen LogP contribution >= 0.6 is 11.6 Å². The molecule has 1 amide bonds. The number of benzene rings is 2. The lowest BCUT2D eigenvalue weighted by atomic mass is 9.97. The molecule has 0 spiro atoms. The van der Waals surface area contributed by atoms with Crippen molar-refractivity contribution in [1.29, 1.82) is 0 Å². The maximum atomic E-state index is 15.1. The van der Waals surface area contributed by atoms with Gasteiger partial charge in [-0.1, -0.05) is 11.6 Å². The molecule has 6 nitrogen and oxygen atoms in total. The number of likely N-dealkylation sites (tertiary alicyclic amines) is 2. The highest BCUT2D eigenvalue weighted by atomic mass is 35.5. The van der Waals surface area contributed by atoms with E-state index < -0.39 is 59.0 Å². The van der Waals surface area contributed by atoms with Gasteiger partial charge in [0, 0.05) is 24.6 Å².